The smallest absolute Gasteiger partial charge is 0.258 e. The van der Waals surface area contributed by atoms with E-state index < -0.39 is 20.8 Å². The van der Waals surface area contributed by atoms with Crippen molar-refractivity contribution < 1.29 is 17.7 Å². The Labute approximate surface area is 135 Å². The minimum absolute atomic E-state index is 0.0426. The van der Waals surface area contributed by atoms with Crippen LogP contribution in [-0.4, -0.2) is 19.6 Å². The first-order valence-corrected chi connectivity index (χ1v) is 7.90. The summed E-state index contributed by atoms with van der Waals surface area (Å²) in [6, 6.07) is 8.06. The molecule has 0 bridgehead atoms. The molecule has 10 heteroatoms. The monoisotopic (exact) mass is 357 g/mol. The zero-order chi connectivity index (χ0) is 17.0. The normalized spacial score (nSPS) is 11.6. The topological polar surface area (TPSA) is 102 Å². The standard InChI is InChI=1S/C13H9ClFN3O4S/c14-12-6-1-9(7-13(12)18(19)20)8-16-17-23(21,22)11-4-2-10(15)3-5-11/h1-8,17H. The van der Waals surface area contributed by atoms with Crippen LogP contribution in [0.1, 0.15) is 5.56 Å². The molecule has 120 valence electrons. The SMILES string of the molecule is O=[N+]([O-])c1cc(C=NNS(=O)(=O)c2ccc(F)cc2)ccc1Cl. The Bertz CT molecular complexity index is 869. The van der Waals surface area contributed by atoms with Crippen molar-refractivity contribution in [1.82, 2.24) is 4.83 Å². The summed E-state index contributed by atoms with van der Waals surface area (Å²) < 4.78 is 36.5. The molecule has 0 unspecified atom stereocenters. The summed E-state index contributed by atoms with van der Waals surface area (Å²) in [7, 11) is -3.96. The number of hydrogen-bond donors (Lipinski definition) is 1. The Hall–Kier alpha value is -2.52. The molecule has 0 heterocycles. The number of sulfonamides is 1. The van der Waals surface area contributed by atoms with E-state index in [9.17, 15) is 22.9 Å². The summed E-state index contributed by atoms with van der Waals surface area (Å²) in [6.45, 7) is 0. The third-order valence-corrected chi connectivity index (χ3v) is 4.24. The minimum atomic E-state index is -3.96. The molecule has 0 radical (unpaired) electrons. The largest absolute Gasteiger partial charge is 0.288 e. The van der Waals surface area contributed by atoms with Gasteiger partial charge in [0.1, 0.15) is 10.8 Å². The maximum absolute atomic E-state index is 12.8. The first-order valence-electron chi connectivity index (χ1n) is 6.04. The van der Waals surface area contributed by atoms with Gasteiger partial charge in [0.15, 0.2) is 0 Å². The zero-order valence-corrected chi connectivity index (χ0v) is 12.9. The number of nitrogens with zero attached hydrogens (tertiary/aromatic N) is 2. The summed E-state index contributed by atoms with van der Waals surface area (Å²) in [5.74, 6) is -0.569. The van der Waals surface area contributed by atoms with Crippen molar-refractivity contribution >= 4 is 33.5 Å². The molecule has 0 aliphatic rings. The van der Waals surface area contributed by atoms with Crippen LogP contribution in [-0.2, 0) is 10.0 Å². The molecule has 0 aliphatic heterocycles. The number of nitrogens with one attached hydrogen (secondary N) is 1. The highest BCUT2D eigenvalue weighted by molar-refractivity contribution is 7.89. The quantitative estimate of drug-likeness (QED) is 0.505. The van der Waals surface area contributed by atoms with E-state index in [1.807, 2.05) is 4.83 Å². The highest BCUT2D eigenvalue weighted by Gasteiger charge is 2.13. The minimum Gasteiger partial charge on any atom is -0.258 e. The van der Waals surface area contributed by atoms with Crippen LogP contribution in [0.15, 0.2) is 52.5 Å². The van der Waals surface area contributed by atoms with Gasteiger partial charge in [0.2, 0.25) is 0 Å². The van der Waals surface area contributed by atoms with Crippen molar-refractivity contribution in [3.05, 3.63) is 69.0 Å². The highest BCUT2D eigenvalue weighted by Crippen LogP contribution is 2.24. The van der Waals surface area contributed by atoms with E-state index in [1.54, 1.807) is 0 Å². The zero-order valence-electron chi connectivity index (χ0n) is 11.3. The van der Waals surface area contributed by atoms with Gasteiger partial charge in [-0.2, -0.15) is 13.5 Å². The number of hydrazone groups is 1. The van der Waals surface area contributed by atoms with Gasteiger partial charge in [-0.15, -0.1) is 0 Å². The Morgan fingerprint density at radius 3 is 2.48 bits per heavy atom. The average Bonchev–Trinajstić information content (AvgIpc) is 2.49. The fraction of sp³-hybridized carbons (Fsp3) is 0. The van der Waals surface area contributed by atoms with E-state index >= 15 is 0 Å². The number of halogens is 2. The lowest BCUT2D eigenvalue weighted by Gasteiger charge is -2.03. The Morgan fingerprint density at radius 2 is 1.87 bits per heavy atom. The Balaban J connectivity index is 2.17. The van der Waals surface area contributed by atoms with Gasteiger partial charge in [-0.1, -0.05) is 17.7 Å². The molecular weight excluding hydrogens is 349 g/mol. The number of benzene rings is 2. The van der Waals surface area contributed by atoms with Crippen molar-refractivity contribution in [1.29, 1.82) is 0 Å². The summed E-state index contributed by atoms with van der Waals surface area (Å²) in [4.78, 5) is 11.8. The first kappa shape index (κ1) is 16.8. The lowest BCUT2D eigenvalue weighted by Crippen LogP contribution is -2.18. The molecule has 0 fully saturated rings. The van der Waals surface area contributed by atoms with Gasteiger partial charge in [-0.3, -0.25) is 10.1 Å². The van der Waals surface area contributed by atoms with E-state index in [0.29, 0.717) is 0 Å². The fourth-order valence-electron chi connectivity index (χ4n) is 1.59. The van der Waals surface area contributed by atoms with Crippen LogP contribution in [0.25, 0.3) is 0 Å². The second-order valence-corrected chi connectivity index (χ2v) is 6.34. The van der Waals surface area contributed by atoms with Crippen LogP contribution in [0.5, 0.6) is 0 Å². The third-order valence-electron chi connectivity index (χ3n) is 2.68. The number of rotatable bonds is 5. The molecule has 7 nitrogen and oxygen atoms in total. The van der Waals surface area contributed by atoms with E-state index in [4.69, 9.17) is 11.6 Å². The van der Waals surface area contributed by atoms with Crippen molar-refractivity contribution in [3.8, 4) is 0 Å². The van der Waals surface area contributed by atoms with E-state index in [-0.39, 0.29) is 21.2 Å². The Kier molecular flexibility index (Phi) is 4.92. The lowest BCUT2D eigenvalue weighted by atomic mass is 10.2. The van der Waals surface area contributed by atoms with Gasteiger partial charge in [0, 0.05) is 11.6 Å². The van der Waals surface area contributed by atoms with E-state index in [0.717, 1.165) is 36.5 Å². The van der Waals surface area contributed by atoms with Crippen LogP contribution >= 0.6 is 11.6 Å². The molecule has 2 rings (SSSR count). The molecule has 0 aliphatic carbocycles. The maximum atomic E-state index is 12.8. The Morgan fingerprint density at radius 1 is 1.22 bits per heavy atom. The predicted octanol–water partition coefficient (Wildman–Crippen LogP) is 2.70. The average molecular weight is 358 g/mol. The molecule has 1 N–H and O–H groups in total. The van der Waals surface area contributed by atoms with Gasteiger partial charge < -0.3 is 0 Å². The molecule has 2 aromatic rings. The molecule has 0 saturated carbocycles. The van der Waals surface area contributed by atoms with Crippen LogP contribution in [0.2, 0.25) is 5.02 Å². The van der Waals surface area contributed by atoms with E-state index in [1.165, 1.54) is 12.1 Å². The van der Waals surface area contributed by atoms with Gasteiger partial charge in [0.25, 0.3) is 15.7 Å². The van der Waals surface area contributed by atoms with Crippen LogP contribution in [0.4, 0.5) is 10.1 Å². The third kappa shape index (κ3) is 4.24. The van der Waals surface area contributed by atoms with Gasteiger partial charge in [-0.25, -0.2) is 9.22 Å². The van der Waals surface area contributed by atoms with Crippen molar-refractivity contribution in [2.24, 2.45) is 5.10 Å². The second-order valence-electron chi connectivity index (χ2n) is 4.27. The number of hydrogen-bond acceptors (Lipinski definition) is 5. The predicted molar refractivity (Wildman–Crippen MR) is 82.4 cm³/mol. The number of nitro benzene ring substituents is 1. The first-order chi connectivity index (χ1) is 10.8. The molecule has 0 spiro atoms. The molecule has 2 aromatic carbocycles. The lowest BCUT2D eigenvalue weighted by molar-refractivity contribution is -0.384. The molecule has 0 atom stereocenters. The maximum Gasteiger partial charge on any atom is 0.288 e. The summed E-state index contributed by atoms with van der Waals surface area (Å²) in [6.07, 6.45) is 1.09. The highest BCUT2D eigenvalue weighted by atomic mass is 35.5. The van der Waals surface area contributed by atoms with Crippen LogP contribution < -0.4 is 4.83 Å². The fourth-order valence-corrected chi connectivity index (χ4v) is 2.56. The number of nitro groups is 1. The molecule has 23 heavy (non-hydrogen) atoms. The van der Waals surface area contributed by atoms with Crippen molar-refractivity contribution in [3.63, 3.8) is 0 Å². The summed E-state index contributed by atoms with van der Waals surface area (Å²) in [5.41, 5.74) is -0.0417. The summed E-state index contributed by atoms with van der Waals surface area (Å²) in [5, 5.41) is 14.2. The second kappa shape index (κ2) is 6.71. The molecule has 0 aromatic heterocycles. The van der Waals surface area contributed by atoms with E-state index in [2.05, 4.69) is 5.10 Å². The van der Waals surface area contributed by atoms with Gasteiger partial charge in [-0.05, 0) is 30.3 Å². The van der Waals surface area contributed by atoms with Gasteiger partial charge >= 0.3 is 0 Å². The van der Waals surface area contributed by atoms with Gasteiger partial charge in [0.05, 0.1) is 16.0 Å². The molecule has 0 amide bonds. The van der Waals surface area contributed by atoms with Crippen molar-refractivity contribution in [2.75, 3.05) is 0 Å². The van der Waals surface area contributed by atoms with Crippen LogP contribution in [0, 0.1) is 15.9 Å². The molecule has 0 saturated heterocycles. The van der Waals surface area contributed by atoms with Crippen LogP contribution in [0.3, 0.4) is 0 Å². The van der Waals surface area contributed by atoms with Crippen molar-refractivity contribution in [2.45, 2.75) is 4.90 Å². The summed E-state index contributed by atoms with van der Waals surface area (Å²) >= 11 is 5.66. The molecular formula is C13H9ClFN3O4S.